The van der Waals surface area contributed by atoms with Crippen molar-refractivity contribution in [1.82, 2.24) is 20.4 Å². The lowest BCUT2D eigenvalue weighted by atomic mass is 10.2. The van der Waals surface area contributed by atoms with Gasteiger partial charge in [0.15, 0.2) is 0 Å². The topological polar surface area (TPSA) is 81.8 Å². The number of nitrogens with one attached hydrogen (secondary N) is 2. The zero-order valence-corrected chi connectivity index (χ0v) is 12.5. The van der Waals surface area contributed by atoms with Gasteiger partial charge in [-0.05, 0) is 12.1 Å². The third-order valence-electron chi connectivity index (χ3n) is 3.53. The van der Waals surface area contributed by atoms with Crippen molar-refractivity contribution in [1.29, 1.82) is 0 Å². The van der Waals surface area contributed by atoms with Crippen LogP contribution in [0.25, 0.3) is 0 Å². The van der Waals surface area contributed by atoms with E-state index in [9.17, 15) is 14.4 Å². The average molecular weight is 304 g/mol. The van der Waals surface area contributed by atoms with Gasteiger partial charge in [-0.2, -0.15) is 0 Å². The van der Waals surface area contributed by atoms with E-state index in [2.05, 4.69) is 10.6 Å². The molecule has 7 heteroatoms. The van der Waals surface area contributed by atoms with Crippen molar-refractivity contribution < 1.29 is 14.4 Å². The van der Waals surface area contributed by atoms with Gasteiger partial charge in [-0.25, -0.2) is 4.79 Å². The zero-order chi connectivity index (χ0) is 15.9. The molecule has 1 fully saturated rings. The number of carbonyl (C=O) groups is 3. The van der Waals surface area contributed by atoms with E-state index in [1.165, 1.54) is 7.05 Å². The van der Waals surface area contributed by atoms with E-state index >= 15 is 0 Å². The van der Waals surface area contributed by atoms with Gasteiger partial charge in [0.05, 0.1) is 6.54 Å². The minimum atomic E-state index is -0.511. The molecule has 4 amide bonds. The highest BCUT2D eigenvalue weighted by Crippen LogP contribution is 2.08. The number of hydrogen-bond donors (Lipinski definition) is 2. The fourth-order valence-electron chi connectivity index (χ4n) is 2.30. The first-order chi connectivity index (χ1) is 10.6. The first-order valence-corrected chi connectivity index (χ1v) is 7.18. The first kappa shape index (κ1) is 16.0. The maximum absolute atomic E-state index is 12.3. The highest BCUT2D eigenvalue weighted by Gasteiger charge is 2.23. The number of nitrogens with zero attached hydrogens (tertiary/aromatic N) is 2. The second-order valence-corrected chi connectivity index (χ2v) is 5.06. The molecule has 0 radical (unpaired) electrons. The molecule has 1 saturated heterocycles. The summed E-state index contributed by atoms with van der Waals surface area (Å²) in [7, 11) is 1.45. The number of piperazine rings is 1. The van der Waals surface area contributed by atoms with Gasteiger partial charge in [0.1, 0.15) is 0 Å². The molecule has 0 bridgehead atoms. The molecular formula is C15H20N4O3. The van der Waals surface area contributed by atoms with Crippen LogP contribution in [0.5, 0.6) is 0 Å². The van der Waals surface area contributed by atoms with Gasteiger partial charge in [-0.1, -0.05) is 18.2 Å². The molecule has 1 aliphatic rings. The molecular weight excluding hydrogens is 284 g/mol. The SMILES string of the molecule is CNC(=O)NC(=O)CN1CCN(C(=O)c2ccccc2)CC1. The Kier molecular flexibility index (Phi) is 5.48. The molecule has 0 saturated carbocycles. The van der Waals surface area contributed by atoms with Crippen molar-refractivity contribution in [3.63, 3.8) is 0 Å². The highest BCUT2D eigenvalue weighted by molar-refractivity contribution is 5.95. The van der Waals surface area contributed by atoms with E-state index in [4.69, 9.17) is 0 Å². The molecule has 7 nitrogen and oxygen atoms in total. The number of benzene rings is 1. The molecule has 2 rings (SSSR count). The molecule has 0 atom stereocenters. The summed E-state index contributed by atoms with van der Waals surface area (Å²) in [5, 5.41) is 4.56. The molecule has 0 aromatic heterocycles. The predicted octanol–water partition coefficient (Wildman–Crippen LogP) is -0.1000. The molecule has 1 aromatic carbocycles. The third-order valence-corrected chi connectivity index (χ3v) is 3.53. The number of imide groups is 1. The monoisotopic (exact) mass is 304 g/mol. The van der Waals surface area contributed by atoms with Crippen molar-refractivity contribution in [2.24, 2.45) is 0 Å². The van der Waals surface area contributed by atoms with Gasteiger partial charge in [0.25, 0.3) is 5.91 Å². The van der Waals surface area contributed by atoms with Crippen molar-refractivity contribution in [3.8, 4) is 0 Å². The molecule has 1 aliphatic heterocycles. The van der Waals surface area contributed by atoms with Crippen LogP contribution in [-0.2, 0) is 4.79 Å². The lowest BCUT2D eigenvalue weighted by Gasteiger charge is -2.34. The zero-order valence-electron chi connectivity index (χ0n) is 12.5. The maximum Gasteiger partial charge on any atom is 0.321 e. The molecule has 0 aliphatic carbocycles. The highest BCUT2D eigenvalue weighted by atomic mass is 16.2. The summed E-state index contributed by atoms with van der Waals surface area (Å²) < 4.78 is 0. The van der Waals surface area contributed by atoms with Crippen LogP contribution in [0.2, 0.25) is 0 Å². The predicted molar refractivity (Wildman–Crippen MR) is 81.4 cm³/mol. The molecule has 0 unspecified atom stereocenters. The fourth-order valence-corrected chi connectivity index (χ4v) is 2.30. The van der Waals surface area contributed by atoms with Gasteiger partial charge < -0.3 is 10.2 Å². The van der Waals surface area contributed by atoms with E-state index in [1.54, 1.807) is 17.0 Å². The van der Waals surface area contributed by atoms with Gasteiger partial charge in [0, 0.05) is 38.8 Å². The number of urea groups is 1. The van der Waals surface area contributed by atoms with Crippen molar-refractivity contribution in [2.75, 3.05) is 39.8 Å². The van der Waals surface area contributed by atoms with Crippen LogP contribution in [0.3, 0.4) is 0 Å². The van der Waals surface area contributed by atoms with Gasteiger partial charge in [-0.3, -0.25) is 19.8 Å². The fraction of sp³-hybridized carbons (Fsp3) is 0.400. The van der Waals surface area contributed by atoms with E-state index in [1.807, 2.05) is 23.1 Å². The van der Waals surface area contributed by atoms with Gasteiger partial charge in [-0.15, -0.1) is 0 Å². The number of rotatable bonds is 3. The third kappa shape index (κ3) is 4.29. The summed E-state index contributed by atoms with van der Waals surface area (Å²) in [5.41, 5.74) is 0.674. The Balaban J connectivity index is 1.79. The standard InChI is InChI=1S/C15H20N4O3/c1-16-15(22)17-13(20)11-18-7-9-19(10-8-18)14(21)12-5-3-2-4-6-12/h2-6H,7-11H2,1H3,(H2,16,17,20,22). The van der Waals surface area contributed by atoms with Crippen molar-refractivity contribution >= 4 is 17.8 Å². The first-order valence-electron chi connectivity index (χ1n) is 7.18. The number of carbonyl (C=O) groups excluding carboxylic acids is 3. The van der Waals surface area contributed by atoms with Crippen LogP contribution in [0.15, 0.2) is 30.3 Å². The van der Waals surface area contributed by atoms with Crippen LogP contribution in [0, 0.1) is 0 Å². The summed E-state index contributed by atoms with van der Waals surface area (Å²) in [5.74, 6) is -0.336. The van der Waals surface area contributed by atoms with Crippen LogP contribution in [0.1, 0.15) is 10.4 Å². The number of amides is 4. The lowest BCUT2D eigenvalue weighted by molar-refractivity contribution is -0.121. The van der Waals surface area contributed by atoms with Crippen LogP contribution < -0.4 is 10.6 Å². The second-order valence-electron chi connectivity index (χ2n) is 5.06. The largest absolute Gasteiger partial charge is 0.341 e. The average Bonchev–Trinajstić information content (AvgIpc) is 2.55. The molecule has 2 N–H and O–H groups in total. The van der Waals surface area contributed by atoms with Crippen LogP contribution >= 0.6 is 0 Å². The Morgan fingerprint density at radius 2 is 1.68 bits per heavy atom. The minimum Gasteiger partial charge on any atom is -0.341 e. The van der Waals surface area contributed by atoms with Crippen LogP contribution in [-0.4, -0.2) is 67.4 Å². The molecule has 1 heterocycles. The normalized spacial score (nSPS) is 15.2. The van der Waals surface area contributed by atoms with E-state index < -0.39 is 6.03 Å². The number of hydrogen-bond acceptors (Lipinski definition) is 4. The second kappa shape index (κ2) is 7.56. The molecule has 0 spiro atoms. The summed E-state index contributed by atoms with van der Waals surface area (Å²) in [6, 6.07) is 8.64. The minimum absolute atomic E-state index is 0.00932. The van der Waals surface area contributed by atoms with Crippen molar-refractivity contribution in [3.05, 3.63) is 35.9 Å². The van der Waals surface area contributed by atoms with Gasteiger partial charge >= 0.3 is 6.03 Å². The Morgan fingerprint density at radius 1 is 1.05 bits per heavy atom. The molecule has 1 aromatic rings. The summed E-state index contributed by atoms with van der Waals surface area (Å²) >= 11 is 0. The maximum atomic E-state index is 12.3. The Morgan fingerprint density at radius 3 is 2.27 bits per heavy atom. The van der Waals surface area contributed by atoms with E-state index in [0.717, 1.165) is 0 Å². The Hall–Kier alpha value is -2.41. The van der Waals surface area contributed by atoms with Crippen molar-refractivity contribution in [2.45, 2.75) is 0 Å². The van der Waals surface area contributed by atoms with Crippen LogP contribution in [0.4, 0.5) is 4.79 Å². The summed E-state index contributed by atoms with van der Waals surface area (Å²) in [4.78, 5) is 38.7. The Bertz CT molecular complexity index is 539. The smallest absolute Gasteiger partial charge is 0.321 e. The van der Waals surface area contributed by atoms with E-state index in [0.29, 0.717) is 31.7 Å². The Labute approximate surface area is 129 Å². The molecule has 118 valence electrons. The summed E-state index contributed by atoms with van der Waals surface area (Å²) in [6.07, 6.45) is 0. The van der Waals surface area contributed by atoms with Gasteiger partial charge in [0.2, 0.25) is 5.91 Å². The quantitative estimate of drug-likeness (QED) is 0.817. The van der Waals surface area contributed by atoms with E-state index in [-0.39, 0.29) is 18.4 Å². The molecule has 22 heavy (non-hydrogen) atoms. The lowest BCUT2D eigenvalue weighted by Crippen LogP contribution is -2.52. The summed E-state index contributed by atoms with van der Waals surface area (Å²) in [6.45, 7) is 2.52.